The molecule has 2 aliphatic rings. The Hall–Kier alpha value is -7.95. The first-order chi connectivity index (χ1) is 33.7. The first-order valence-corrected chi connectivity index (χ1v) is 23.8. The third kappa shape index (κ3) is 9.95. The Bertz CT molecular complexity index is 3420. The van der Waals surface area contributed by atoms with Crippen molar-refractivity contribution in [3.05, 3.63) is 133 Å². The predicted molar refractivity (Wildman–Crippen MR) is 270 cm³/mol. The van der Waals surface area contributed by atoms with E-state index in [2.05, 4.69) is 88.1 Å². The van der Waals surface area contributed by atoms with Gasteiger partial charge in [-0.25, -0.2) is 24.1 Å². The van der Waals surface area contributed by atoms with E-state index in [1.165, 1.54) is 32.1 Å². The molecule has 1 saturated heterocycles. The maximum absolute atomic E-state index is 12.4. The number of piperidine rings is 1. The van der Waals surface area contributed by atoms with Crippen LogP contribution in [0, 0.1) is 0 Å². The Morgan fingerprint density at radius 2 is 1.10 bits per heavy atom. The molecule has 0 unspecified atom stereocenters. The summed E-state index contributed by atoms with van der Waals surface area (Å²) in [5, 5.41) is 28.8. The monoisotopic (exact) mass is 935 g/mol. The van der Waals surface area contributed by atoms with Crippen LogP contribution in [0.4, 0.5) is 4.79 Å². The number of ether oxygens (including phenoxy) is 1. The van der Waals surface area contributed by atoms with Crippen molar-refractivity contribution in [2.75, 3.05) is 13.1 Å². The van der Waals surface area contributed by atoms with Gasteiger partial charge in [0.25, 0.3) is 0 Å². The minimum Gasteiger partial charge on any atom is -0.444 e. The second kappa shape index (κ2) is 19.6. The van der Waals surface area contributed by atoms with Crippen molar-refractivity contribution in [3.63, 3.8) is 0 Å². The first-order valence-electron chi connectivity index (χ1n) is 23.8. The molecule has 0 radical (unpaired) electrons. The molecule has 8 aromatic heterocycles. The average molecular weight is 936 g/mol. The minimum absolute atomic E-state index is 0. The van der Waals surface area contributed by atoms with Crippen LogP contribution in [-0.2, 0) is 17.8 Å². The Kier molecular flexibility index (Phi) is 12.8. The van der Waals surface area contributed by atoms with Crippen molar-refractivity contribution in [2.24, 2.45) is 0 Å². The van der Waals surface area contributed by atoms with Crippen molar-refractivity contribution in [2.45, 2.75) is 104 Å². The summed E-state index contributed by atoms with van der Waals surface area (Å²) in [6.45, 7) is 8.13. The molecule has 2 fully saturated rings. The van der Waals surface area contributed by atoms with Crippen molar-refractivity contribution >= 4 is 50.2 Å². The van der Waals surface area contributed by atoms with Crippen LogP contribution in [0.5, 0.6) is 0 Å². The Balaban J connectivity index is 0.000000163. The zero-order valence-corrected chi connectivity index (χ0v) is 39.0. The van der Waals surface area contributed by atoms with Gasteiger partial charge in [0.05, 0.1) is 60.0 Å². The smallest absolute Gasteiger partial charge is 0.410 e. The van der Waals surface area contributed by atoms with Gasteiger partial charge in [0.1, 0.15) is 16.6 Å². The average Bonchev–Trinajstić information content (AvgIpc) is 4.22. The lowest BCUT2D eigenvalue weighted by atomic mass is 9.96. The molecule has 17 heteroatoms. The summed E-state index contributed by atoms with van der Waals surface area (Å²) in [5.41, 5.74) is 10.5. The lowest BCUT2D eigenvalue weighted by Crippen LogP contribution is -2.42. The number of benzene rings is 2. The molecule has 17 nitrogen and oxygen atoms in total. The van der Waals surface area contributed by atoms with Gasteiger partial charge in [-0.1, -0.05) is 61.4 Å². The molecule has 1 aliphatic carbocycles. The van der Waals surface area contributed by atoms with Crippen LogP contribution in [0.3, 0.4) is 0 Å². The third-order valence-corrected chi connectivity index (χ3v) is 13.0. The van der Waals surface area contributed by atoms with E-state index in [1.807, 2.05) is 108 Å². The molecule has 12 rings (SSSR count). The molecule has 0 atom stereocenters. The summed E-state index contributed by atoms with van der Waals surface area (Å²) >= 11 is 0. The molecule has 0 spiro atoms. The van der Waals surface area contributed by atoms with Gasteiger partial charge < -0.3 is 9.64 Å². The van der Waals surface area contributed by atoms with Gasteiger partial charge in [0.2, 0.25) is 0 Å². The first kappa shape index (κ1) is 45.8. The number of aromatic nitrogens is 14. The van der Waals surface area contributed by atoms with Crippen LogP contribution < -0.4 is 0 Å². The van der Waals surface area contributed by atoms with E-state index in [4.69, 9.17) is 14.7 Å². The van der Waals surface area contributed by atoms with Crippen LogP contribution in [0.15, 0.2) is 122 Å². The van der Waals surface area contributed by atoms with Gasteiger partial charge >= 0.3 is 6.09 Å². The van der Waals surface area contributed by atoms with Crippen LogP contribution >= 0.6 is 0 Å². The molecule has 1 amide bonds. The second-order valence-corrected chi connectivity index (χ2v) is 19.0. The van der Waals surface area contributed by atoms with Crippen molar-refractivity contribution < 1.29 is 9.53 Å². The number of carbonyl (C=O) groups excluding carboxylic acids is 1. The highest BCUT2D eigenvalue weighted by molar-refractivity contribution is 5.80. The SMILES string of the molecule is C.CC(C)(C)OC(=O)N1CCC(n2cc(-c3ccc4nnn(Cc5ccc6ncccc6c5)c4n3)cn2)CC1.c1cnc2ccc(Cn3nnc4ccc(-c5cnn(C6CCCCC6)c5)nc43)cc2c1. The molecule has 1 aliphatic heterocycles. The van der Waals surface area contributed by atoms with Gasteiger partial charge in [-0.2, -0.15) is 10.2 Å². The van der Waals surface area contributed by atoms with Gasteiger partial charge in [-0.15, -0.1) is 10.2 Å². The number of carbonyl (C=O) groups is 1. The van der Waals surface area contributed by atoms with Crippen LogP contribution in [0.1, 0.15) is 96.4 Å². The number of hydrogen-bond donors (Lipinski definition) is 0. The van der Waals surface area contributed by atoms with E-state index >= 15 is 0 Å². The molecule has 2 aromatic carbocycles. The van der Waals surface area contributed by atoms with Crippen molar-refractivity contribution in [1.29, 1.82) is 0 Å². The number of hydrogen-bond acceptors (Lipinski definition) is 12. The highest BCUT2D eigenvalue weighted by Gasteiger charge is 2.28. The summed E-state index contributed by atoms with van der Waals surface area (Å²) in [6.07, 6.45) is 19.3. The molecular formula is C53H57N15O2. The van der Waals surface area contributed by atoms with E-state index in [0.29, 0.717) is 32.2 Å². The van der Waals surface area contributed by atoms with Crippen molar-refractivity contribution in [1.82, 2.24) is 74.4 Å². The van der Waals surface area contributed by atoms with Crippen LogP contribution in [0.2, 0.25) is 0 Å². The third-order valence-electron chi connectivity index (χ3n) is 13.0. The number of pyridine rings is 4. The number of fused-ring (bicyclic) bond motifs is 4. The quantitative estimate of drug-likeness (QED) is 0.141. The van der Waals surface area contributed by atoms with E-state index in [1.54, 1.807) is 11.1 Å². The van der Waals surface area contributed by atoms with Gasteiger partial charge in [0, 0.05) is 59.8 Å². The lowest BCUT2D eigenvalue weighted by Gasteiger charge is -2.33. The number of rotatable bonds is 8. The largest absolute Gasteiger partial charge is 0.444 e. The molecule has 1 saturated carbocycles. The Morgan fingerprint density at radius 1 is 0.614 bits per heavy atom. The number of amides is 1. The highest BCUT2D eigenvalue weighted by Crippen LogP contribution is 2.30. The normalized spacial score (nSPS) is 14.8. The Labute approximate surface area is 405 Å². The molecule has 10 aromatic rings. The molecule has 0 bridgehead atoms. The highest BCUT2D eigenvalue weighted by atomic mass is 16.6. The standard InChI is InChI=1S/C28H30N8O2.C24H23N7.CH4/c1-28(2,3)38-27(37)34-13-10-22(11-14-34)35-18-21(16-30-35)24-8-9-25-26(31-24)36(33-32-25)17-19-6-7-23-20(15-19)5-4-12-29-23;1-2-6-20(7-3-1)30-16-19(14-26-30)22-10-11-23-24(27-22)31(29-28-23)15-17-8-9-21-18(13-17)5-4-12-25-21;/h4-9,12,15-16,18,22H,10-11,13-14,17H2,1-3H3;4-5,8-14,16,20H,1-3,6-7,15H2;1H4. The summed E-state index contributed by atoms with van der Waals surface area (Å²) in [7, 11) is 0. The van der Waals surface area contributed by atoms with Gasteiger partial charge in [-0.3, -0.25) is 19.3 Å². The fraction of sp³-hybridized carbons (Fsp3) is 0.340. The fourth-order valence-corrected chi connectivity index (χ4v) is 9.36. The van der Waals surface area contributed by atoms with E-state index in [9.17, 15) is 4.79 Å². The van der Waals surface area contributed by atoms with Crippen LogP contribution in [0.25, 0.3) is 66.6 Å². The van der Waals surface area contributed by atoms with Gasteiger partial charge in [-0.05, 0) is 118 Å². The predicted octanol–water partition coefficient (Wildman–Crippen LogP) is 10.3. The van der Waals surface area contributed by atoms with Crippen LogP contribution in [-0.4, -0.2) is 99.2 Å². The van der Waals surface area contributed by atoms with E-state index in [0.717, 1.165) is 90.6 Å². The summed E-state index contributed by atoms with van der Waals surface area (Å²) in [6, 6.07) is 29.1. The topological polar surface area (TPSA) is 178 Å². The van der Waals surface area contributed by atoms with Crippen molar-refractivity contribution in [3.8, 4) is 22.5 Å². The summed E-state index contributed by atoms with van der Waals surface area (Å²) in [4.78, 5) is 32.7. The molecular weight excluding hydrogens is 879 g/mol. The molecule has 70 heavy (non-hydrogen) atoms. The summed E-state index contributed by atoms with van der Waals surface area (Å²) in [5.74, 6) is 0. The zero-order chi connectivity index (χ0) is 46.9. The number of nitrogens with zero attached hydrogens (tertiary/aromatic N) is 15. The van der Waals surface area contributed by atoms with E-state index in [-0.39, 0.29) is 19.6 Å². The maximum atomic E-state index is 12.4. The maximum Gasteiger partial charge on any atom is 0.410 e. The summed E-state index contributed by atoms with van der Waals surface area (Å²) < 4.78 is 13.3. The number of likely N-dealkylation sites (tertiary alicyclic amines) is 1. The second-order valence-electron chi connectivity index (χ2n) is 19.0. The zero-order valence-electron chi connectivity index (χ0n) is 39.0. The minimum atomic E-state index is -0.489. The van der Waals surface area contributed by atoms with E-state index < -0.39 is 5.60 Å². The lowest BCUT2D eigenvalue weighted by molar-refractivity contribution is 0.0184. The molecule has 9 heterocycles. The molecule has 356 valence electrons. The fourth-order valence-electron chi connectivity index (χ4n) is 9.36. The van der Waals surface area contributed by atoms with Gasteiger partial charge in [0.15, 0.2) is 11.3 Å². The Morgan fingerprint density at radius 3 is 1.60 bits per heavy atom. The molecule has 0 N–H and O–H groups in total.